The second-order valence-electron chi connectivity index (χ2n) is 7.55. The van der Waals surface area contributed by atoms with Gasteiger partial charge in [0, 0.05) is 11.4 Å². The summed E-state index contributed by atoms with van der Waals surface area (Å²) in [6.45, 7) is 0. The van der Waals surface area contributed by atoms with Gasteiger partial charge in [-0.05, 0) is 47.2 Å². The number of amides is 2. The lowest BCUT2D eigenvalue weighted by molar-refractivity contribution is -0.133. The summed E-state index contributed by atoms with van der Waals surface area (Å²) in [5.74, 6) is -1.39. The summed E-state index contributed by atoms with van der Waals surface area (Å²) in [4.78, 5) is 25.3. The van der Waals surface area contributed by atoms with Crippen molar-refractivity contribution in [3.63, 3.8) is 0 Å². The van der Waals surface area contributed by atoms with E-state index < -0.39 is 11.8 Å². The number of benzene rings is 4. The quantitative estimate of drug-likeness (QED) is 0.408. The van der Waals surface area contributed by atoms with Crippen molar-refractivity contribution >= 4 is 23.2 Å². The topological polar surface area (TPSA) is 58.2 Å². The average molecular weight is 421 g/mol. The number of para-hydroxylation sites is 2. The molecule has 0 aliphatic rings. The first-order chi connectivity index (χ1) is 15.7. The monoisotopic (exact) mass is 420 g/mol. The van der Waals surface area contributed by atoms with E-state index in [-0.39, 0.29) is 0 Å². The molecule has 0 heterocycles. The normalized spacial score (nSPS) is 10.4. The number of carbonyl (C=O) groups excluding carboxylic acids is 2. The fourth-order valence-electron chi connectivity index (χ4n) is 3.58. The molecule has 0 aliphatic heterocycles. The Hall–Kier alpha value is -4.18. The molecule has 32 heavy (non-hydrogen) atoms. The molecule has 0 saturated heterocycles. The van der Waals surface area contributed by atoms with E-state index in [1.54, 1.807) is 0 Å². The summed E-state index contributed by atoms with van der Waals surface area (Å²) in [7, 11) is 0. The molecule has 0 aliphatic carbocycles. The van der Waals surface area contributed by atoms with E-state index >= 15 is 0 Å². The number of nitrogens with one attached hydrogen (secondary N) is 2. The summed E-state index contributed by atoms with van der Waals surface area (Å²) in [6, 6.07) is 35.1. The number of rotatable bonds is 6. The molecule has 2 N–H and O–H groups in total. The molecule has 0 aromatic heterocycles. The van der Waals surface area contributed by atoms with Gasteiger partial charge < -0.3 is 10.6 Å². The predicted octanol–water partition coefficient (Wildman–Crippen LogP) is 5.45. The maximum atomic E-state index is 12.7. The molecular formula is C28H24N2O2. The molecule has 4 aromatic rings. The van der Waals surface area contributed by atoms with Gasteiger partial charge in [0.15, 0.2) is 0 Å². The summed E-state index contributed by atoms with van der Waals surface area (Å²) in [5.41, 5.74) is 5.43. The van der Waals surface area contributed by atoms with Gasteiger partial charge >= 0.3 is 11.8 Å². The lowest BCUT2D eigenvalue weighted by atomic mass is 10.0. The molecule has 0 atom stereocenters. The van der Waals surface area contributed by atoms with Crippen molar-refractivity contribution in [2.24, 2.45) is 0 Å². The van der Waals surface area contributed by atoms with E-state index in [1.807, 2.05) is 109 Å². The Morgan fingerprint density at radius 3 is 1.22 bits per heavy atom. The van der Waals surface area contributed by atoms with E-state index in [0.717, 1.165) is 22.3 Å². The van der Waals surface area contributed by atoms with Gasteiger partial charge in [0.1, 0.15) is 0 Å². The van der Waals surface area contributed by atoms with Crippen LogP contribution in [0.15, 0.2) is 109 Å². The van der Waals surface area contributed by atoms with Gasteiger partial charge in [-0.25, -0.2) is 0 Å². The van der Waals surface area contributed by atoms with Crippen LogP contribution in [-0.4, -0.2) is 11.8 Å². The van der Waals surface area contributed by atoms with Crippen molar-refractivity contribution in [1.29, 1.82) is 0 Å². The van der Waals surface area contributed by atoms with Gasteiger partial charge in [0.2, 0.25) is 0 Å². The zero-order chi connectivity index (χ0) is 22.2. The van der Waals surface area contributed by atoms with E-state index in [2.05, 4.69) is 10.6 Å². The van der Waals surface area contributed by atoms with Crippen LogP contribution in [0.5, 0.6) is 0 Å². The summed E-state index contributed by atoms with van der Waals surface area (Å²) >= 11 is 0. The van der Waals surface area contributed by atoms with Crippen LogP contribution in [0.2, 0.25) is 0 Å². The van der Waals surface area contributed by atoms with E-state index in [1.165, 1.54) is 0 Å². The Labute approximate surface area is 187 Å². The van der Waals surface area contributed by atoms with E-state index in [4.69, 9.17) is 0 Å². The molecule has 4 nitrogen and oxygen atoms in total. The minimum atomic E-state index is -0.694. The van der Waals surface area contributed by atoms with Crippen LogP contribution in [0.1, 0.15) is 22.3 Å². The molecule has 0 saturated carbocycles. The van der Waals surface area contributed by atoms with Crippen LogP contribution in [-0.2, 0) is 22.4 Å². The molecule has 158 valence electrons. The minimum Gasteiger partial charge on any atom is -0.318 e. The maximum Gasteiger partial charge on any atom is 0.314 e. The van der Waals surface area contributed by atoms with Crippen LogP contribution in [0.4, 0.5) is 11.4 Å². The second kappa shape index (κ2) is 10.2. The third-order valence-electron chi connectivity index (χ3n) is 5.21. The maximum absolute atomic E-state index is 12.7. The third-order valence-corrected chi connectivity index (χ3v) is 5.21. The fourth-order valence-corrected chi connectivity index (χ4v) is 3.58. The van der Waals surface area contributed by atoms with Crippen LogP contribution in [0.3, 0.4) is 0 Å². The zero-order valence-corrected chi connectivity index (χ0v) is 17.6. The number of carbonyl (C=O) groups is 2. The number of anilines is 2. The first kappa shape index (κ1) is 21.1. The summed E-state index contributed by atoms with van der Waals surface area (Å²) in [5, 5.41) is 5.54. The molecule has 4 heteroatoms. The molecule has 4 aromatic carbocycles. The predicted molar refractivity (Wildman–Crippen MR) is 129 cm³/mol. The molecule has 4 rings (SSSR count). The second-order valence-corrected chi connectivity index (χ2v) is 7.55. The molecule has 0 unspecified atom stereocenters. The van der Waals surface area contributed by atoms with Gasteiger partial charge in [0.25, 0.3) is 0 Å². The average Bonchev–Trinajstić information content (AvgIpc) is 2.83. The smallest absolute Gasteiger partial charge is 0.314 e. The number of hydrogen-bond acceptors (Lipinski definition) is 2. The van der Waals surface area contributed by atoms with E-state index in [0.29, 0.717) is 24.2 Å². The third kappa shape index (κ3) is 5.49. The van der Waals surface area contributed by atoms with Crippen molar-refractivity contribution in [3.05, 3.63) is 131 Å². The Bertz CT molecular complexity index is 1110. The molecule has 0 spiro atoms. The standard InChI is InChI=1S/C28H24N2O2/c31-27(29-25-17-9-7-15-23(25)19-21-11-3-1-4-12-21)28(32)30-26-18-10-8-16-24(26)20-22-13-5-2-6-14-22/h1-18H,19-20H2,(H,29,31)(H,30,32). The Balaban J connectivity index is 1.45. The first-order valence-electron chi connectivity index (χ1n) is 10.5. The lowest BCUT2D eigenvalue weighted by Gasteiger charge is -2.13. The lowest BCUT2D eigenvalue weighted by Crippen LogP contribution is -2.29. The van der Waals surface area contributed by atoms with Gasteiger partial charge in [-0.2, -0.15) is 0 Å². The Kier molecular flexibility index (Phi) is 6.73. The minimum absolute atomic E-state index is 0.633. The van der Waals surface area contributed by atoms with Crippen molar-refractivity contribution in [2.75, 3.05) is 10.6 Å². The zero-order valence-electron chi connectivity index (χ0n) is 17.6. The van der Waals surface area contributed by atoms with Gasteiger partial charge in [0.05, 0.1) is 0 Å². The fraction of sp³-hybridized carbons (Fsp3) is 0.0714. The van der Waals surface area contributed by atoms with Crippen LogP contribution < -0.4 is 10.6 Å². The highest BCUT2D eigenvalue weighted by Crippen LogP contribution is 2.21. The van der Waals surface area contributed by atoms with Gasteiger partial charge in [-0.3, -0.25) is 9.59 Å². The van der Waals surface area contributed by atoms with Crippen molar-refractivity contribution in [1.82, 2.24) is 0 Å². The highest BCUT2D eigenvalue weighted by atomic mass is 16.2. The van der Waals surface area contributed by atoms with Crippen molar-refractivity contribution in [3.8, 4) is 0 Å². The Morgan fingerprint density at radius 1 is 0.469 bits per heavy atom. The van der Waals surface area contributed by atoms with Gasteiger partial charge in [-0.1, -0.05) is 97.1 Å². The molecule has 2 amide bonds. The molecule has 0 bridgehead atoms. The molecular weight excluding hydrogens is 396 g/mol. The van der Waals surface area contributed by atoms with E-state index in [9.17, 15) is 9.59 Å². The van der Waals surface area contributed by atoms with Crippen LogP contribution >= 0.6 is 0 Å². The highest BCUT2D eigenvalue weighted by Gasteiger charge is 2.17. The largest absolute Gasteiger partial charge is 0.318 e. The van der Waals surface area contributed by atoms with Crippen molar-refractivity contribution < 1.29 is 9.59 Å². The highest BCUT2D eigenvalue weighted by molar-refractivity contribution is 6.43. The Morgan fingerprint density at radius 2 is 0.812 bits per heavy atom. The SMILES string of the molecule is O=C(Nc1ccccc1Cc1ccccc1)C(=O)Nc1ccccc1Cc1ccccc1. The summed E-state index contributed by atoms with van der Waals surface area (Å²) in [6.07, 6.45) is 1.33. The van der Waals surface area contributed by atoms with Gasteiger partial charge in [-0.15, -0.1) is 0 Å². The van der Waals surface area contributed by atoms with Crippen LogP contribution in [0.25, 0.3) is 0 Å². The summed E-state index contributed by atoms with van der Waals surface area (Å²) < 4.78 is 0. The molecule has 0 radical (unpaired) electrons. The van der Waals surface area contributed by atoms with Crippen molar-refractivity contribution in [2.45, 2.75) is 12.8 Å². The number of hydrogen-bond donors (Lipinski definition) is 2. The molecule has 0 fully saturated rings. The first-order valence-corrected chi connectivity index (χ1v) is 10.5. The van der Waals surface area contributed by atoms with Crippen LogP contribution in [0, 0.1) is 0 Å².